The van der Waals surface area contributed by atoms with Gasteiger partial charge in [0, 0.05) is 47.7 Å². The van der Waals surface area contributed by atoms with Crippen LogP contribution in [-0.2, 0) is 0 Å². The smallest absolute Gasteiger partial charge is 0.269 e. The van der Waals surface area contributed by atoms with Crippen molar-refractivity contribution >= 4 is 22.7 Å². The molecular weight excluding hydrogens is 588 g/mol. The lowest BCUT2D eigenvalue weighted by Crippen LogP contribution is -2.60. The second-order valence-electron chi connectivity index (χ2n) is 16.7. The second kappa shape index (κ2) is 13.4. The summed E-state index contributed by atoms with van der Waals surface area (Å²) in [5.74, 6) is 4.82. The zero-order valence-electron chi connectivity index (χ0n) is 29.1. The summed E-state index contributed by atoms with van der Waals surface area (Å²) in [6.07, 6.45) is 13.8. The first kappa shape index (κ1) is 33.7. The number of benzene rings is 2. The maximum absolute atomic E-state index is 11.4. The van der Waals surface area contributed by atoms with Crippen LogP contribution in [0.2, 0.25) is 0 Å². The highest BCUT2D eigenvalue weighted by atomic mass is 16.6. The molecule has 0 heterocycles. The van der Waals surface area contributed by atoms with Crippen LogP contribution in [-0.4, -0.2) is 21.9 Å². The molecule has 0 spiro atoms. The number of nitrogens with zero attached hydrogens (tertiary/aromatic N) is 2. The van der Waals surface area contributed by atoms with Crippen molar-refractivity contribution in [2.45, 2.75) is 117 Å². The Kier molecular flexibility index (Phi) is 9.61. The third-order valence-corrected chi connectivity index (χ3v) is 13.8. The van der Waals surface area contributed by atoms with Crippen molar-refractivity contribution in [1.29, 1.82) is 0 Å². The van der Waals surface area contributed by atoms with Gasteiger partial charge >= 0.3 is 0 Å². The summed E-state index contributed by atoms with van der Waals surface area (Å²) in [6.45, 7) is 12.5. The van der Waals surface area contributed by atoms with E-state index in [0.29, 0.717) is 41.2 Å². The minimum absolute atomic E-state index is 0.119. The Bertz CT molecular complexity index is 1410. The Morgan fingerprint density at radius 1 is 0.745 bits per heavy atom. The zero-order valence-corrected chi connectivity index (χ0v) is 29.1. The van der Waals surface area contributed by atoms with Crippen molar-refractivity contribution < 1.29 is 9.85 Å². The van der Waals surface area contributed by atoms with E-state index in [1.54, 1.807) is 24.3 Å². The SMILES string of the molecule is CC(C)CCC[C@@H](C)[C@H]1CC[C@H]2[C@@H]3[C@H](Nc4ccc([N+](=O)[O-])cc4)C[C@H]4C[C@H](Nc5ccc([N+](=O)[O-])cc5)CC[C@]4(C)[C@H]3CC[C@]12C. The summed E-state index contributed by atoms with van der Waals surface area (Å²) < 4.78 is 0. The van der Waals surface area contributed by atoms with Crippen molar-refractivity contribution in [3.05, 3.63) is 68.8 Å². The topological polar surface area (TPSA) is 110 Å². The Labute approximate surface area is 281 Å². The molecule has 8 heteroatoms. The minimum Gasteiger partial charge on any atom is -0.382 e. The standard InChI is InChI=1S/C39H56N4O4/c1-25(2)7-6-8-26(3)33-17-18-34-37-35(20-22-39(33,34)5)38(4)21-19-30(40-28-9-13-31(14-10-28)42(44)45)23-27(38)24-36(37)41-29-11-15-32(16-12-29)43(46)47/h9-16,25-27,30,33-37,40-41H,6-8,17-24H2,1-5H3/t26-,27-,30-,33-,34+,35+,36-,37+,38+,39-/m1/s1. The van der Waals surface area contributed by atoms with E-state index in [1.165, 1.54) is 51.4 Å². The Morgan fingerprint density at radius 2 is 1.32 bits per heavy atom. The summed E-state index contributed by atoms with van der Waals surface area (Å²) in [7, 11) is 0. The van der Waals surface area contributed by atoms with Crippen molar-refractivity contribution in [3.8, 4) is 0 Å². The number of hydrogen-bond acceptors (Lipinski definition) is 6. The fourth-order valence-electron chi connectivity index (χ4n) is 11.4. The molecule has 10 atom stereocenters. The average Bonchev–Trinajstić information content (AvgIpc) is 3.39. The van der Waals surface area contributed by atoms with Gasteiger partial charge in [-0.1, -0.05) is 53.9 Å². The van der Waals surface area contributed by atoms with Crippen LogP contribution in [0.5, 0.6) is 0 Å². The molecule has 4 fully saturated rings. The Hall–Kier alpha value is -3.16. The molecule has 0 radical (unpaired) electrons. The molecule has 4 saturated carbocycles. The van der Waals surface area contributed by atoms with Crippen LogP contribution in [0.25, 0.3) is 0 Å². The molecule has 4 aliphatic rings. The van der Waals surface area contributed by atoms with E-state index in [2.05, 4.69) is 45.3 Å². The lowest BCUT2D eigenvalue weighted by atomic mass is 9.43. The number of non-ortho nitro benzene ring substituents is 2. The monoisotopic (exact) mass is 644 g/mol. The molecule has 0 bridgehead atoms. The molecule has 6 rings (SSSR count). The van der Waals surface area contributed by atoms with Gasteiger partial charge in [-0.15, -0.1) is 0 Å². The molecule has 4 aliphatic carbocycles. The highest BCUT2D eigenvalue weighted by Crippen LogP contribution is 2.68. The minimum atomic E-state index is -0.346. The van der Waals surface area contributed by atoms with Gasteiger partial charge in [0.15, 0.2) is 0 Å². The van der Waals surface area contributed by atoms with Crippen molar-refractivity contribution in [3.63, 3.8) is 0 Å². The molecule has 2 aromatic rings. The maximum atomic E-state index is 11.4. The molecular formula is C39H56N4O4. The van der Waals surface area contributed by atoms with Crippen molar-refractivity contribution in [2.75, 3.05) is 10.6 Å². The van der Waals surface area contributed by atoms with Gasteiger partial charge in [0.2, 0.25) is 0 Å². The number of nitro benzene ring substituents is 2. The Balaban J connectivity index is 1.25. The third-order valence-electron chi connectivity index (χ3n) is 13.8. The van der Waals surface area contributed by atoms with E-state index in [0.717, 1.165) is 48.4 Å². The number of anilines is 2. The normalized spacial score (nSPS) is 35.3. The van der Waals surface area contributed by atoms with Crippen LogP contribution in [0.1, 0.15) is 105 Å². The zero-order chi connectivity index (χ0) is 33.5. The van der Waals surface area contributed by atoms with Gasteiger partial charge in [0.25, 0.3) is 11.4 Å². The first-order valence-corrected chi connectivity index (χ1v) is 18.4. The summed E-state index contributed by atoms with van der Waals surface area (Å²) in [6, 6.07) is 14.6. The van der Waals surface area contributed by atoms with Crippen LogP contribution in [0, 0.1) is 72.5 Å². The molecule has 0 aromatic heterocycles. The molecule has 0 unspecified atom stereocenters. The molecule has 0 aliphatic heterocycles. The number of rotatable bonds is 11. The molecule has 256 valence electrons. The average molecular weight is 645 g/mol. The van der Waals surface area contributed by atoms with Crippen LogP contribution >= 0.6 is 0 Å². The highest BCUT2D eigenvalue weighted by molar-refractivity contribution is 5.50. The van der Waals surface area contributed by atoms with E-state index in [4.69, 9.17) is 0 Å². The molecule has 8 nitrogen and oxygen atoms in total. The molecule has 2 aromatic carbocycles. The maximum Gasteiger partial charge on any atom is 0.269 e. The van der Waals surface area contributed by atoms with Crippen LogP contribution in [0.15, 0.2) is 48.5 Å². The van der Waals surface area contributed by atoms with E-state index < -0.39 is 0 Å². The van der Waals surface area contributed by atoms with Gasteiger partial charge in [0.1, 0.15) is 0 Å². The van der Waals surface area contributed by atoms with Gasteiger partial charge < -0.3 is 10.6 Å². The van der Waals surface area contributed by atoms with Crippen molar-refractivity contribution in [1.82, 2.24) is 0 Å². The van der Waals surface area contributed by atoms with Crippen molar-refractivity contribution in [2.24, 2.45) is 52.3 Å². The van der Waals surface area contributed by atoms with Gasteiger partial charge in [0.05, 0.1) is 9.85 Å². The molecule has 0 amide bonds. The largest absolute Gasteiger partial charge is 0.382 e. The van der Waals surface area contributed by atoms with Gasteiger partial charge in [-0.25, -0.2) is 0 Å². The predicted octanol–water partition coefficient (Wildman–Crippen LogP) is 10.5. The molecule has 2 N–H and O–H groups in total. The number of fused-ring (bicyclic) bond motifs is 5. The van der Waals surface area contributed by atoms with Gasteiger partial charge in [-0.2, -0.15) is 0 Å². The lowest BCUT2D eigenvalue weighted by Gasteiger charge is -2.63. The summed E-state index contributed by atoms with van der Waals surface area (Å²) >= 11 is 0. The molecule has 47 heavy (non-hydrogen) atoms. The number of nitro groups is 2. The van der Waals surface area contributed by atoms with E-state index in [9.17, 15) is 20.2 Å². The van der Waals surface area contributed by atoms with E-state index in [-0.39, 0.29) is 26.6 Å². The van der Waals surface area contributed by atoms with Crippen LogP contribution in [0.4, 0.5) is 22.7 Å². The summed E-state index contributed by atoms with van der Waals surface area (Å²) in [4.78, 5) is 21.9. The summed E-state index contributed by atoms with van der Waals surface area (Å²) in [5, 5.41) is 30.3. The first-order chi connectivity index (χ1) is 22.4. The van der Waals surface area contributed by atoms with Gasteiger partial charge in [-0.3, -0.25) is 20.2 Å². The third kappa shape index (κ3) is 6.63. The number of hydrogen-bond donors (Lipinski definition) is 2. The molecule has 0 saturated heterocycles. The number of nitrogens with one attached hydrogen (secondary N) is 2. The van der Waals surface area contributed by atoms with E-state index >= 15 is 0 Å². The van der Waals surface area contributed by atoms with Crippen LogP contribution in [0.3, 0.4) is 0 Å². The second-order valence-corrected chi connectivity index (χ2v) is 16.7. The Morgan fingerprint density at radius 3 is 1.91 bits per heavy atom. The quantitative estimate of drug-likeness (QED) is 0.186. The van der Waals surface area contributed by atoms with Gasteiger partial charge in [-0.05, 0) is 128 Å². The fraction of sp³-hybridized carbons (Fsp3) is 0.692. The lowest BCUT2D eigenvalue weighted by molar-refractivity contribution is -0.385. The highest BCUT2D eigenvalue weighted by Gasteiger charge is 2.63. The van der Waals surface area contributed by atoms with Crippen LogP contribution < -0.4 is 10.6 Å². The fourth-order valence-corrected chi connectivity index (χ4v) is 11.4. The first-order valence-electron chi connectivity index (χ1n) is 18.4. The predicted molar refractivity (Wildman–Crippen MR) is 189 cm³/mol. The summed E-state index contributed by atoms with van der Waals surface area (Å²) in [5.41, 5.74) is 2.84. The van der Waals surface area contributed by atoms with E-state index in [1.807, 2.05) is 24.3 Å².